The van der Waals surface area contributed by atoms with Crippen LogP contribution in [0.2, 0.25) is 10.0 Å². The van der Waals surface area contributed by atoms with Gasteiger partial charge in [-0.2, -0.15) is 0 Å². The molecule has 5 heteroatoms. The first kappa shape index (κ1) is 18.1. The number of ether oxygens (including phenoxy) is 1. The van der Waals surface area contributed by atoms with Crippen molar-refractivity contribution >= 4 is 23.2 Å². The van der Waals surface area contributed by atoms with Crippen molar-refractivity contribution in [2.45, 2.75) is 32.9 Å². The van der Waals surface area contributed by atoms with Gasteiger partial charge < -0.3 is 10.1 Å². The van der Waals surface area contributed by atoms with Crippen molar-refractivity contribution < 1.29 is 9.13 Å². The molecule has 23 heavy (non-hydrogen) atoms. The lowest BCUT2D eigenvalue weighted by atomic mass is 10.2. The third-order valence-corrected chi connectivity index (χ3v) is 4.03. The molecule has 124 valence electrons. The van der Waals surface area contributed by atoms with Gasteiger partial charge in [0, 0.05) is 22.7 Å². The van der Waals surface area contributed by atoms with E-state index in [0.717, 1.165) is 36.3 Å². The van der Waals surface area contributed by atoms with E-state index in [2.05, 4.69) is 12.2 Å². The second-order valence-electron chi connectivity index (χ2n) is 5.31. The molecule has 0 atom stereocenters. The molecular formula is C18H20Cl2FNO. The van der Waals surface area contributed by atoms with Crippen molar-refractivity contribution in [1.82, 2.24) is 5.32 Å². The minimum atomic E-state index is -0.356. The van der Waals surface area contributed by atoms with E-state index >= 15 is 0 Å². The van der Waals surface area contributed by atoms with Crippen LogP contribution in [0, 0.1) is 5.82 Å². The van der Waals surface area contributed by atoms with Gasteiger partial charge in [0.15, 0.2) is 0 Å². The highest BCUT2D eigenvalue weighted by molar-refractivity contribution is 6.31. The molecule has 0 bridgehead atoms. The molecule has 0 heterocycles. The van der Waals surface area contributed by atoms with Crippen molar-refractivity contribution in [3.05, 3.63) is 63.4 Å². The van der Waals surface area contributed by atoms with Gasteiger partial charge in [-0.05, 0) is 43.3 Å². The van der Waals surface area contributed by atoms with Crippen LogP contribution < -0.4 is 10.1 Å². The molecule has 2 aromatic carbocycles. The summed E-state index contributed by atoms with van der Waals surface area (Å²) in [7, 11) is 0. The Bertz CT molecular complexity index is 649. The van der Waals surface area contributed by atoms with Gasteiger partial charge in [0.2, 0.25) is 0 Å². The van der Waals surface area contributed by atoms with Crippen LogP contribution >= 0.6 is 23.2 Å². The highest BCUT2D eigenvalue weighted by Gasteiger charge is 2.07. The fourth-order valence-corrected chi connectivity index (χ4v) is 2.56. The van der Waals surface area contributed by atoms with E-state index < -0.39 is 0 Å². The topological polar surface area (TPSA) is 21.3 Å². The summed E-state index contributed by atoms with van der Waals surface area (Å²) in [5, 5.41) is 4.41. The molecule has 0 saturated heterocycles. The van der Waals surface area contributed by atoms with E-state index in [1.165, 1.54) is 12.1 Å². The smallest absolute Gasteiger partial charge is 0.124 e. The minimum Gasteiger partial charge on any atom is -0.489 e. The van der Waals surface area contributed by atoms with Crippen molar-refractivity contribution in [3.8, 4) is 5.75 Å². The van der Waals surface area contributed by atoms with Crippen LogP contribution in [0.4, 0.5) is 4.39 Å². The molecule has 0 radical (unpaired) electrons. The summed E-state index contributed by atoms with van der Waals surface area (Å²) in [4.78, 5) is 0. The van der Waals surface area contributed by atoms with Gasteiger partial charge >= 0.3 is 0 Å². The number of unbranched alkanes of at least 4 members (excludes halogenated alkanes) is 1. The molecule has 0 unspecified atom stereocenters. The Morgan fingerprint density at radius 3 is 2.65 bits per heavy atom. The quantitative estimate of drug-likeness (QED) is 0.622. The van der Waals surface area contributed by atoms with Crippen LogP contribution in [0.3, 0.4) is 0 Å². The fourth-order valence-electron chi connectivity index (χ4n) is 2.15. The Hall–Kier alpha value is -1.29. The van der Waals surface area contributed by atoms with Crippen molar-refractivity contribution in [1.29, 1.82) is 0 Å². The third-order valence-electron chi connectivity index (χ3n) is 3.44. The van der Waals surface area contributed by atoms with E-state index in [4.69, 9.17) is 27.9 Å². The van der Waals surface area contributed by atoms with Gasteiger partial charge in [-0.1, -0.05) is 42.6 Å². The first-order valence-corrected chi connectivity index (χ1v) is 8.41. The summed E-state index contributed by atoms with van der Waals surface area (Å²) in [6.45, 7) is 4.07. The van der Waals surface area contributed by atoms with Gasteiger partial charge in [0.1, 0.15) is 18.2 Å². The zero-order valence-electron chi connectivity index (χ0n) is 13.0. The number of nitrogens with one attached hydrogen (secondary N) is 1. The monoisotopic (exact) mass is 355 g/mol. The Morgan fingerprint density at radius 2 is 1.91 bits per heavy atom. The van der Waals surface area contributed by atoms with Crippen LogP contribution in [0.1, 0.15) is 30.9 Å². The molecule has 0 aliphatic carbocycles. The number of benzene rings is 2. The summed E-state index contributed by atoms with van der Waals surface area (Å²) in [6, 6.07) is 9.82. The van der Waals surface area contributed by atoms with Crippen molar-refractivity contribution in [3.63, 3.8) is 0 Å². The largest absolute Gasteiger partial charge is 0.489 e. The molecule has 0 amide bonds. The SMILES string of the molecule is CCCCNCc1cc(Cl)ccc1OCc1ccc(F)cc1Cl. The minimum absolute atomic E-state index is 0.280. The standard InChI is InChI=1S/C18H20Cl2FNO/c1-2-3-8-22-11-14-9-15(19)5-7-18(14)23-12-13-4-6-16(21)10-17(13)20/h4-7,9-10,22H,2-3,8,11-12H2,1H3. The fraction of sp³-hybridized carbons (Fsp3) is 0.333. The molecule has 0 aliphatic heterocycles. The van der Waals surface area contributed by atoms with Crippen LogP contribution in [0.5, 0.6) is 5.75 Å². The highest BCUT2D eigenvalue weighted by atomic mass is 35.5. The van der Waals surface area contributed by atoms with Gasteiger partial charge in [-0.25, -0.2) is 4.39 Å². The normalized spacial score (nSPS) is 10.8. The second-order valence-corrected chi connectivity index (χ2v) is 6.15. The maximum absolute atomic E-state index is 13.1. The lowest BCUT2D eigenvalue weighted by Crippen LogP contribution is -2.15. The van der Waals surface area contributed by atoms with E-state index in [0.29, 0.717) is 16.6 Å². The summed E-state index contributed by atoms with van der Waals surface area (Å²) in [5.41, 5.74) is 1.74. The third kappa shape index (κ3) is 5.69. The summed E-state index contributed by atoms with van der Waals surface area (Å²) in [6.07, 6.45) is 2.27. The molecule has 0 fully saturated rings. The molecule has 0 saturated carbocycles. The molecule has 0 spiro atoms. The molecule has 2 rings (SSSR count). The predicted molar refractivity (Wildman–Crippen MR) is 93.8 cm³/mol. The zero-order valence-corrected chi connectivity index (χ0v) is 14.6. The lowest BCUT2D eigenvalue weighted by Gasteiger charge is -2.13. The van der Waals surface area contributed by atoms with Gasteiger partial charge in [0.25, 0.3) is 0 Å². The Balaban J connectivity index is 2.03. The molecule has 0 aliphatic rings. The summed E-state index contributed by atoms with van der Waals surface area (Å²) >= 11 is 12.1. The maximum atomic E-state index is 13.1. The van der Waals surface area contributed by atoms with E-state index in [1.807, 2.05) is 12.1 Å². The molecule has 2 nitrogen and oxygen atoms in total. The molecule has 1 N–H and O–H groups in total. The predicted octanol–water partition coefficient (Wildman–Crippen LogP) is 5.60. The lowest BCUT2D eigenvalue weighted by molar-refractivity contribution is 0.302. The van der Waals surface area contributed by atoms with E-state index in [1.54, 1.807) is 12.1 Å². The Kier molecular flexibility index (Phi) is 7.15. The first-order valence-electron chi connectivity index (χ1n) is 7.66. The van der Waals surface area contributed by atoms with Crippen molar-refractivity contribution in [2.75, 3.05) is 6.54 Å². The molecular weight excluding hydrogens is 336 g/mol. The van der Waals surface area contributed by atoms with Gasteiger partial charge in [-0.15, -0.1) is 0 Å². The van der Waals surface area contributed by atoms with Crippen LogP contribution in [0.25, 0.3) is 0 Å². The van der Waals surface area contributed by atoms with Crippen LogP contribution in [0.15, 0.2) is 36.4 Å². The first-order chi connectivity index (χ1) is 11.1. The summed E-state index contributed by atoms with van der Waals surface area (Å²) < 4.78 is 18.9. The van der Waals surface area contributed by atoms with Gasteiger partial charge in [0.05, 0.1) is 5.02 Å². The highest BCUT2D eigenvalue weighted by Crippen LogP contribution is 2.25. The average molecular weight is 356 g/mol. The number of halogens is 3. The Morgan fingerprint density at radius 1 is 1.09 bits per heavy atom. The maximum Gasteiger partial charge on any atom is 0.124 e. The van der Waals surface area contributed by atoms with Crippen LogP contribution in [-0.2, 0) is 13.2 Å². The second kappa shape index (κ2) is 9.11. The Labute approximate surface area is 146 Å². The zero-order chi connectivity index (χ0) is 16.7. The molecule has 2 aromatic rings. The average Bonchev–Trinajstić information content (AvgIpc) is 2.52. The van der Waals surface area contributed by atoms with E-state index in [9.17, 15) is 4.39 Å². The number of rotatable bonds is 8. The van der Waals surface area contributed by atoms with Crippen LogP contribution in [-0.4, -0.2) is 6.54 Å². The number of hydrogen-bond donors (Lipinski definition) is 1. The van der Waals surface area contributed by atoms with Gasteiger partial charge in [-0.3, -0.25) is 0 Å². The van der Waals surface area contributed by atoms with E-state index in [-0.39, 0.29) is 12.4 Å². The van der Waals surface area contributed by atoms with Crippen molar-refractivity contribution in [2.24, 2.45) is 0 Å². The summed E-state index contributed by atoms with van der Waals surface area (Å²) in [5.74, 6) is 0.393. The number of hydrogen-bond acceptors (Lipinski definition) is 2. The molecule has 0 aromatic heterocycles.